The molecule has 0 aliphatic carbocycles. The van der Waals surface area contributed by atoms with E-state index in [1.165, 1.54) is 0 Å². The molecular weight excluding hydrogens is 242 g/mol. The van der Waals surface area contributed by atoms with Crippen LogP contribution in [0.1, 0.15) is 42.6 Å². The first-order chi connectivity index (χ1) is 8.99. The van der Waals surface area contributed by atoms with Gasteiger partial charge in [0.2, 0.25) is 0 Å². The van der Waals surface area contributed by atoms with Crippen LogP contribution in [0, 0.1) is 12.8 Å². The molecule has 106 valence electrons. The van der Waals surface area contributed by atoms with Crippen molar-refractivity contribution in [3.8, 4) is 0 Å². The molecule has 0 aliphatic rings. The average Bonchev–Trinajstić information content (AvgIpc) is 2.38. The van der Waals surface area contributed by atoms with Crippen molar-refractivity contribution in [1.29, 1.82) is 0 Å². The number of hydrogen-bond donors (Lipinski definition) is 3. The predicted octanol–water partition coefficient (Wildman–Crippen LogP) is 2.90. The van der Waals surface area contributed by atoms with Crippen molar-refractivity contribution >= 4 is 11.7 Å². The number of rotatable bonds is 7. The van der Waals surface area contributed by atoms with Gasteiger partial charge in [0.25, 0.3) is 0 Å². The van der Waals surface area contributed by atoms with Gasteiger partial charge in [0.1, 0.15) is 0 Å². The maximum absolute atomic E-state index is 11.2. The fraction of sp³-hybridized carbons (Fsp3) is 0.533. The summed E-state index contributed by atoms with van der Waals surface area (Å²) in [6.45, 7) is 6.32. The molecule has 1 rings (SSSR count). The fourth-order valence-electron chi connectivity index (χ4n) is 2.20. The number of aromatic carboxylic acids is 1. The topological polar surface area (TPSA) is 69.6 Å². The van der Waals surface area contributed by atoms with Crippen molar-refractivity contribution in [3.63, 3.8) is 0 Å². The summed E-state index contributed by atoms with van der Waals surface area (Å²) in [6, 6.07) is 5.24. The zero-order chi connectivity index (χ0) is 14.4. The van der Waals surface area contributed by atoms with Crippen molar-refractivity contribution in [2.45, 2.75) is 39.7 Å². The summed E-state index contributed by atoms with van der Waals surface area (Å²) >= 11 is 0. The Labute approximate surface area is 114 Å². The number of hydrogen-bond acceptors (Lipinski definition) is 3. The third kappa shape index (κ3) is 4.24. The second kappa shape index (κ2) is 7.14. The first kappa shape index (κ1) is 15.5. The van der Waals surface area contributed by atoms with Crippen LogP contribution >= 0.6 is 0 Å². The van der Waals surface area contributed by atoms with Crippen molar-refractivity contribution in [2.24, 2.45) is 5.92 Å². The molecule has 0 aliphatic heterocycles. The smallest absolute Gasteiger partial charge is 0.337 e. The zero-order valence-corrected chi connectivity index (χ0v) is 11.8. The van der Waals surface area contributed by atoms with Gasteiger partial charge in [0.05, 0.1) is 11.7 Å². The number of benzene rings is 1. The highest BCUT2D eigenvalue weighted by molar-refractivity contribution is 5.94. The number of aliphatic hydroxyl groups excluding tert-OH is 1. The SMILES string of the molecule is CCC(CC)C(O)CNc1ccc(C)cc1C(=O)O. The Balaban J connectivity index is 2.75. The van der Waals surface area contributed by atoms with Crippen LogP contribution in [0.4, 0.5) is 5.69 Å². The summed E-state index contributed by atoms with van der Waals surface area (Å²) in [7, 11) is 0. The molecule has 19 heavy (non-hydrogen) atoms. The summed E-state index contributed by atoms with van der Waals surface area (Å²) in [5, 5.41) is 22.2. The standard InChI is InChI=1S/C15H23NO3/c1-4-11(5-2)14(17)9-16-13-7-6-10(3)8-12(13)15(18)19/h6-8,11,14,16-17H,4-5,9H2,1-3H3,(H,18,19). The van der Waals surface area contributed by atoms with E-state index in [1.807, 2.05) is 26.8 Å². The van der Waals surface area contributed by atoms with Gasteiger partial charge in [-0.2, -0.15) is 0 Å². The molecule has 4 heteroatoms. The number of anilines is 1. The quantitative estimate of drug-likeness (QED) is 0.709. The minimum atomic E-state index is -0.955. The normalized spacial score (nSPS) is 12.5. The summed E-state index contributed by atoms with van der Waals surface area (Å²) < 4.78 is 0. The lowest BCUT2D eigenvalue weighted by atomic mass is 9.96. The van der Waals surface area contributed by atoms with Crippen LogP contribution in [0.5, 0.6) is 0 Å². The van der Waals surface area contributed by atoms with E-state index >= 15 is 0 Å². The number of aliphatic hydroxyl groups is 1. The van der Waals surface area contributed by atoms with Crippen LogP contribution in [0.15, 0.2) is 18.2 Å². The van der Waals surface area contributed by atoms with Gasteiger partial charge < -0.3 is 15.5 Å². The Bertz CT molecular complexity index is 427. The van der Waals surface area contributed by atoms with Crippen LogP contribution in [0.25, 0.3) is 0 Å². The molecule has 0 radical (unpaired) electrons. The monoisotopic (exact) mass is 265 g/mol. The third-order valence-electron chi connectivity index (χ3n) is 3.50. The van der Waals surface area contributed by atoms with E-state index in [0.29, 0.717) is 12.2 Å². The maximum Gasteiger partial charge on any atom is 0.337 e. The number of carbonyl (C=O) groups is 1. The maximum atomic E-state index is 11.2. The minimum Gasteiger partial charge on any atom is -0.478 e. The molecule has 0 bridgehead atoms. The van der Waals surface area contributed by atoms with Crippen molar-refractivity contribution in [2.75, 3.05) is 11.9 Å². The Morgan fingerprint density at radius 2 is 1.95 bits per heavy atom. The molecule has 1 atom stereocenters. The van der Waals surface area contributed by atoms with E-state index in [1.54, 1.807) is 12.1 Å². The first-order valence-corrected chi connectivity index (χ1v) is 6.75. The molecule has 0 spiro atoms. The van der Waals surface area contributed by atoms with Gasteiger partial charge >= 0.3 is 5.97 Å². The summed E-state index contributed by atoms with van der Waals surface area (Å²) in [6.07, 6.45) is 1.37. The average molecular weight is 265 g/mol. The predicted molar refractivity (Wildman–Crippen MR) is 76.7 cm³/mol. The van der Waals surface area contributed by atoms with Crippen LogP contribution in [-0.4, -0.2) is 28.8 Å². The van der Waals surface area contributed by atoms with Crippen LogP contribution in [-0.2, 0) is 0 Å². The van der Waals surface area contributed by atoms with Gasteiger partial charge in [-0.25, -0.2) is 4.79 Å². The molecule has 1 aromatic rings. The highest BCUT2D eigenvalue weighted by atomic mass is 16.4. The summed E-state index contributed by atoms with van der Waals surface area (Å²) in [4.78, 5) is 11.2. The van der Waals surface area contributed by atoms with Crippen LogP contribution < -0.4 is 5.32 Å². The van der Waals surface area contributed by atoms with E-state index < -0.39 is 12.1 Å². The van der Waals surface area contributed by atoms with Gasteiger partial charge in [-0.3, -0.25) is 0 Å². The highest BCUT2D eigenvalue weighted by Crippen LogP contribution is 2.19. The highest BCUT2D eigenvalue weighted by Gasteiger charge is 2.16. The lowest BCUT2D eigenvalue weighted by molar-refractivity contribution is 0.0697. The van der Waals surface area contributed by atoms with Crippen molar-refractivity contribution < 1.29 is 15.0 Å². The second-order valence-electron chi connectivity index (χ2n) is 4.88. The Morgan fingerprint density at radius 1 is 1.32 bits per heavy atom. The first-order valence-electron chi connectivity index (χ1n) is 6.75. The van der Waals surface area contributed by atoms with Crippen LogP contribution in [0.2, 0.25) is 0 Å². The summed E-state index contributed by atoms with van der Waals surface area (Å²) in [5.41, 5.74) is 1.71. The van der Waals surface area contributed by atoms with E-state index in [4.69, 9.17) is 5.11 Å². The molecule has 3 N–H and O–H groups in total. The second-order valence-corrected chi connectivity index (χ2v) is 4.88. The Kier molecular flexibility index (Phi) is 5.83. The fourth-order valence-corrected chi connectivity index (χ4v) is 2.20. The van der Waals surface area contributed by atoms with E-state index in [9.17, 15) is 9.90 Å². The minimum absolute atomic E-state index is 0.242. The largest absolute Gasteiger partial charge is 0.478 e. The van der Waals surface area contributed by atoms with Gasteiger partial charge in [-0.15, -0.1) is 0 Å². The molecule has 0 fully saturated rings. The summed E-state index contributed by atoms with van der Waals surface area (Å²) in [5.74, 6) is -0.713. The number of nitrogens with one attached hydrogen (secondary N) is 1. The molecule has 0 heterocycles. The number of carboxylic acids is 1. The molecule has 1 unspecified atom stereocenters. The zero-order valence-electron chi connectivity index (χ0n) is 11.8. The van der Waals surface area contributed by atoms with Gasteiger partial charge in [0, 0.05) is 12.2 Å². The Hall–Kier alpha value is -1.55. The lowest BCUT2D eigenvalue weighted by Crippen LogP contribution is -2.28. The number of aryl methyl sites for hydroxylation is 1. The van der Waals surface area contributed by atoms with Gasteiger partial charge in [-0.05, 0) is 25.0 Å². The van der Waals surface area contributed by atoms with Gasteiger partial charge in [-0.1, -0.05) is 38.3 Å². The molecule has 4 nitrogen and oxygen atoms in total. The van der Waals surface area contributed by atoms with Gasteiger partial charge in [0.15, 0.2) is 0 Å². The van der Waals surface area contributed by atoms with Crippen LogP contribution in [0.3, 0.4) is 0 Å². The molecule has 0 amide bonds. The van der Waals surface area contributed by atoms with E-state index in [0.717, 1.165) is 18.4 Å². The van der Waals surface area contributed by atoms with E-state index in [2.05, 4.69) is 5.32 Å². The number of carboxylic acid groups (broad SMARTS) is 1. The molecule has 0 aromatic heterocycles. The van der Waals surface area contributed by atoms with Crippen molar-refractivity contribution in [1.82, 2.24) is 0 Å². The van der Waals surface area contributed by atoms with Crippen molar-refractivity contribution in [3.05, 3.63) is 29.3 Å². The van der Waals surface area contributed by atoms with E-state index in [-0.39, 0.29) is 11.5 Å². The molecular formula is C15H23NO3. The molecule has 0 saturated heterocycles. The molecule has 1 aromatic carbocycles. The third-order valence-corrected chi connectivity index (χ3v) is 3.50. The Morgan fingerprint density at radius 3 is 2.47 bits per heavy atom. The molecule has 0 saturated carbocycles. The lowest BCUT2D eigenvalue weighted by Gasteiger charge is -2.21.